The van der Waals surface area contributed by atoms with Gasteiger partial charge in [-0.3, -0.25) is 9.97 Å². The number of aromatic nitrogens is 2. The van der Waals surface area contributed by atoms with Crippen molar-refractivity contribution in [1.29, 1.82) is 0 Å². The van der Waals surface area contributed by atoms with Gasteiger partial charge in [0.1, 0.15) is 0 Å². The van der Waals surface area contributed by atoms with Crippen molar-refractivity contribution in [3.63, 3.8) is 0 Å². The standard InChI is InChI=1S/C19H26N2/c1-18(2,3)17-11-8-10-16(21-17)14-19(4,5)13-15-9-6-7-12-20-15/h6-12H,13-14H2,1-5H3. The molecule has 2 heterocycles. The first-order valence-electron chi connectivity index (χ1n) is 7.63. The molecular formula is C19H26N2. The molecule has 2 aromatic heterocycles. The normalized spacial score (nSPS) is 12.4. The highest BCUT2D eigenvalue weighted by atomic mass is 14.7. The van der Waals surface area contributed by atoms with Crippen LogP contribution in [0.2, 0.25) is 0 Å². The minimum Gasteiger partial charge on any atom is -0.261 e. The molecule has 0 aliphatic rings. The molecule has 112 valence electrons. The van der Waals surface area contributed by atoms with Gasteiger partial charge in [0.2, 0.25) is 0 Å². The Bertz CT molecular complexity index is 580. The van der Waals surface area contributed by atoms with Crippen LogP contribution in [0.5, 0.6) is 0 Å². The summed E-state index contributed by atoms with van der Waals surface area (Å²) in [5.74, 6) is 0. The molecule has 0 aromatic carbocycles. The third kappa shape index (κ3) is 4.66. The van der Waals surface area contributed by atoms with E-state index in [2.05, 4.69) is 69.9 Å². The van der Waals surface area contributed by atoms with Crippen LogP contribution in [0.15, 0.2) is 42.6 Å². The minimum absolute atomic E-state index is 0.0984. The van der Waals surface area contributed by atoms with E-state index in [1.807, 2.05) is 12.3 Å². The third-order valence-electron chi connectivity index (χ3n) is 3.62. The molecule has 0 aliphatic carbocycles. The zero-order valence-electron chi connectivity index (χ0n) is 13.9. The Hall–Kier alpha value is -1.70. The zero-order chi connectivity index (χ0) is 15.5. The second-order valence-electron chi connectivity index (χ2n) is 7.60. The number of nitrogens with zero attached hydrogens (tertiary/aromatic N) is 2. The van der Waals surface area contributed by atoms with Crippen LogP contribution in [0.1, 0.15) is 51.7 Å². The van der Waals surface area contributed by atoms with E-state index >= 15 is 0 Å². The SMILES string of the molecule is CC(C)(Cc1ccccn1)Cc1cccc(C(C)(C)C)n1. The highest BCUT2D eigenvalue weighted by Gasteiger charge is 2.22. The maximum Gasteiger partial charge on any atom is 0.0460 e. The maximum atomic E-state index is 4.85. The molecule has 0 saturated heterocycles. The van der Waals surface area contributed by atoms with Crippen LogP contribution in [0.25, 0.3) is 0 Å². The van der Waals surface area contributed by atoms with Crippen molar-refractivity contribution < 1.29 is 0 Å². The number of pyridine rings is 2. The van der Waals surface area contributed by atoms with Crippen molar-refractivity contribution in [3.05, 3.63) is 59.7 Å². The van der Waals surface area contributed by atoms with Crippen LogP contribution < -0.4 is 0 Å². The van der Waals surface area contributed by atoms with Gasteiger partial charge >= 0.3 is 0 Å². The highest BCUT2D eigenvalue weighted by Crippen LogP contribution is 2.27. The zero-order valence-corrected chi connectivity index (χ0v) is 13.9. The quantitative estimate of drug-likeness (QED) is 0.820. The van der Waals surface area contributed by atoms with E-state index in [0.717, 1.165) is 24.2 Å². The van der Waals surface area contributed by atoms with E-state index in [1.54, 1.807) is 0 Å². The van der Waals surface area contributed by atoms with Crippen LogP contribution in [-0.4, -0.2) is 9.97 Å². The van der Waals surface area contributed by atoms with E-state index < -0.39 is 0 Å². The Morgan fingerprint density at radius 2 is 1.48 bits per heavy atom. The Morgan fingerprint density at radius 1 is 0.810 bits per heavy atom. The first-order chi connectivity index (χ1) is 9.76. The lowest BCUT2D eigenvalue weighted by Gasteiger charge is -2.25. The number of hydrogen-bond donors (Lipinski definition) is 0. The summed E-state index contributed by atoms with van der Waals surface area (Å²) in [7, 11) is 0. The summed E-state index contributed by atoms with van der Waals surface area (Å²) in [5.41, 5.74) is 3.73. The first kappa shape index (κ1) is 15.7. The van der Waals surface area contributed by atoms with Gasteiger partial charge in [0.05, 0.1) is 0 Å². The Labute approximate surface area is 128 Å². The van der Waals surface area contributed by atoms with Crippen LogP contribution in [0, 0.1) is 5.41 Å². The van der Waals surface area contributed by atoms with Crippen LogP contribution in [-0.2, 0) is 18.3 Å². The smallest absolute Gasteiger partial charge is 0.0460 e. The molecule has 0 spiro atoms. The average molecular weight is 282 g/mol. The molecule has 21 heavy (non-hydrogen) atoms. The number of rotatable bonds is 4. The topological polar surface area (TPSA) is 25.8 Å². The van der Waals surface area contributed by atoms with E-state index in [4.69, 9.17) is 4.98 Å². The molecule has 2 aromatic rings. The summed E-state index contributed by atoms with van der Waals surface area (Å²) in [6, 6.07) is 12.5. The van der Waals surface area contributed by atoms with Crippen molar-refractivity contribution in [3.8, 4) is 0 Å². The molecule has 0 amide bonds. The summed E-state index contributed by atoms with van der Waals surface area (Å²) in [5, 5.41) is 0. The van der Waals surface area contributed by atoms with Crippen molar-refractivity contribution in [2.24, 2.45) is 5.41 Å². The van der Waals surface area contributed by atoms with Gasteiger partial charge < -0.3 is 0 Å². The Kier molecular flexibility index (Phi) is 4.46. The van der Waals surface area contributed by atoms with E-state index in [-0.39, 0.29) is 10.8 Å². The van der Waals surface area contributed by atoms with Crippen LogP contribution >= 0.6 is 0 Å². The molecule has 0 fully saturated rings. The predicted molar refractivity (Wildman–Crippen MR) is 88.4 cm³/mol. The van der Waals surface area contributed by atoms with Gasteiger partial charge in [0.25, 0.3) is 0 Å². The van der Waals surface area contributed by atoms with Crippen molar-refractivity contribution in [2.45, 2.75) is 52.9 Å². The molecule has 2 rings (SSSR count). The largest absolute Gasteiger partial charge is 0.261 e. The molecule has 0 radical (unpaired) electrons. The molecule has 0 unspecified atom stereocenters. The maximum absolute atomic E-state index is 4.85. The summed E-state index contributed by atoms with van der Waals surface area (Å²) < 4.78 is 0. The molecule has 0 atom stereocenters. The highest BCUT2D eigenvalue weighted by molar-refractivity contribution is 5.18. The fourth-order valence-electron chi connectivity index (χ4n) is 2.54. The van der Waals surface area contributed by atoms with Gasteiger partial charge in [-0.25, -0.2) is 0 Å². The molecular weight excluding hydrogens is 256 g/mol. The fourth-order valence-corrected chi connectivity index (χ4v) is 2.54. The van der Waals surface area contributed by atoms with Crippen molar-refractivity contribution in [1.82, 2.24) is 9.97 Å². The lowest BCUT2D eigenvalue weighted by atomic mass is 9.82. The van der Waals surface area contributed by atoms with Gasteiger partial charge in [-0.2, -0.15) is 0 Å². The first-order valence-corrected chi connectivity index (χ1v) is 7.63. The van der Waals surface area contributed by atoms with Gasteiger partial charge in [0.15, 0.2) is 0 Å². The van der Waals surface area contributed by atoms with Gasteiger partial charge in [0, 0.05) is 28.7 Å². The van der Waals surface area contributed by atoms with Crippen LogP contribution in [0.3, 0.4) is 0 Å². The summed E-state index contributed by atoms with van der Waals surface area (Å²) in [6.45, 7) is 11.2. The molecule has 0 bridgehead atoms. The number of hydrogen-bond acceptors (Lipinski definition) is 2. The Balaban J connectivity index is 2.13. The van der Waals surface area contributed by atoms with Gasteiger partial charge in [-0.1, -0.05) is 46.8 Å². The molecule has 0 N–H and O–H groups in total. The summed E-state index contributed by atoms with van der Waals surface area (Å²) >= 11 is 0. The monoisotopic (exact) mass is 282 g/mol. The van der Waals surface area contributed by atoms with E-state index in [9.17, 15) is 0 Å². The van der Waals surface area contributed by atoms with Crippen LogP contribution in [0.4, 0.5) is 0 Å². The van der Waals surface area contributed by atoms with E-state index in [1.165, 1.54) is 5.69 Å². The second kappa shape index (κ2) is 5.97. The minimum atomic E-state index is 0.0984. The van der Waals surface area contributed by atoms with E-state index in [0.29, 0.717) is 0 Å². The Morgan fingerprint density at radius 3 is 2.10 bits per heavy atom. The van der Waals surface area contributed by atoms with Gasteiger partial charge in [-0.15, -0.1) is 0 Å². The summed E-state index contributed by atoms with van der Waals surface area (Å²) in [4.78, 5) is 9.29. The van der Waals surface area contributed by atoms with Crippen molar-refractivity contribution >= 4 is 0 Å². The van der Waals surface area contributed by atoms with Crippen molar-refractivity contribution in [2.75, 3.05) is 0 Å². The third-order valence-corrected chi connectivity index (χ3v) is 3.62. The predicted octanol–water partition coefficient (Wildman–Crippen LogP) is 4.59. The van der Waals surface area contributed by atoms with Gasteiger partial charge in [-0.05, 0) is 42.5 Å². The molecule has 2 heteroatoms. The molecule has 0 saturated carbocycles. The lowest BCUT2D eigenvalue weighted by Crippen LogP contribution is -2.21. The fraction of sp³-hybridized carbons (Fsp3) is 0.474. The second-order valence-corrected chi connectivity index (χ2v) is 7.60. The molecule has 0 aliphatic heterocycles. The molecule has 2 nitrogen and oxygen atoms in total. The lowest BCUT2D eigenvalue weighted by molar-refractivity contribution is 0.352. The summed E-state index contributed by atoms with van der Waals surface area (Å²) in [6.07, 6.45) is 3.80. The average Bonchev–Trinajstić information content (AvgIpc) is 2.38.